The lowest BCUT2D eigenvalue weighted by Gasteiger charge is -1.99. The van der Waals surface area contributed by atoms with Crippen molar-refractivity contribution in [1.29, 1.82) is 0 Å². The minimum Gasteiger partial charge on any atom is -0.431 e. The van der Waals surface area contributed by atoms with Crippen molar-refractivity contribution in [3.63, 3.8) is 0 Å². The van der Waals surface area contributed by atoms with Gasteiger partial charge in [0, 0.05) is 12.3 Å². The molecule has 0 saturated heterocycles. The van der Waals surface area contributed by atoms with Crippen molar-refractivity contribution < 1.29 is 9.15 Å². The molecule has 0 unspecified atom stereocenters. The van der Waals surface area contributed by atoms with E-state index in [-0.39, 0.29) is 0 Å². The van der Waals surface area contributed by atoms with Gasteiger partial charge in [0.1, 0.15) is 5.52 Å². The molecule has 86 valence electrons. The van der Waals surface area contributed by atoms with Crippen LogP contribution in [-0.4, -0.2) is 30.5 Å². The number of benzene rings is 1. The van der Waals surface area contributed by atoms with Gasteiger partial charge < -0.3 is 14.9 Å². The first-order valence-electron chi connectivity index (χ1n) is 5.16. The van der Waals surface area contributed by atoms with E-state index in [1.807, 2.05) is 24.3 Å². The molecule has 0 aliphatic heterocycles. The van der Waals surface area contributed by atoms with Crippen molar-refractivity contribution >= 4 is 22.9 Å². The van der Waals surface area contributed by atoms with Gasteiger partial charge in [-0.1, -0.05) is 23.9 Å². The van der Waals surface area contributed by atoms with Gasteiger partial charge in [-0.05, 0) is 12.1 Å². The molecule has 1 aromatic carbocycles. The second-order valence-corrected chi connectivity index (χ2v) is 4.24. The minimum atomic E-state index is 0.563. The van der Waals surface area contributed by atoms with Crippen molar-refractivity contribution in [1.82, 2.24) is 4.98 Å². The van der Waals surface area contributed by atoms with Gasteiger partial charge in [0.25, 0.3) is 5.22 Å². The summed E-state index contributed by atoms with van der Waals surface area (Å²) in [5.74, 6) is 0.826. The highest BCUT2D eigenvalue weighted by atomic mass is 32.2. The van der Waals surface area contributed by atoms with E-state index in [0.29, 0.717) is 25.0 Å². The lowest BCUT2D eigenvalue weighted by atomic mass is 10.3. The molecule has 1 aromatic heterocycles. The first kappa shape index (κ1) is 11.4. The Balaban J connectivity index is 1.85. The van der Waals surface area contributed by atoms with Crippen LogP contribution in [0.3, 0.4) is 0 Å². The van der Waals surface area contributed by atoms with Crippen LogP contribution in [0.5, 0.6) is 0 Å². The van der Waals surface area contributed by atoms with Gasteiger partial charge in [-0.3, -0.25) is 0 Å². The summed E-state index contributed by atoms with van der Waals surface area (Å²) in [6.07, 6.45) is 0. The van der Waals surface area contributed by atoms with Gasteiger partial charge in [0.2, 0.25) is 0 Å². The average molecular weight is 238 g/mol. The van der Waals surface area contributed by atoms with Crippen LogP contribution in [0, 0.1) is 0 Å². The van der Waals surface area contributed by atoms with E-state index in [2.05, 4.69) is 4.98 Å². The largest absolute Gasteiger partial charge is 0.431 e. The second kappa shape index (κ2) is 5.89. The van der Waals surface area contributed by atoms with Crippen molar-refractivity contribution in [3.8, 4) is 0 Å². The molecule has 0 radical (unpaired) electrons. The fourth-order valence-corrected chi connectivity index (χ4v) is 1.97. The molecule has 0 aliphatic carbocycles. The molecule has 2 N–H and O–H groups in total. The zero-order valence-electron chi connectivity index (χ0n) is 8.89. The smallest absolute Gasteiger partial charge is 0.256 e. The van der Waals surface area contributed by atoms with E-state index >= 15 is 0 Å². The highest BCUT2D eigenvalue weighted by molar-refractivity contribution is 7.99. The summed E-state index contributed by atoms with van der Waals surface area (Å²) in [7, 11) is 0. The van der Waals surface area contributed by atoms with Crippen molar-refractivity contribution in [2.75, 3.05) is 25.5 Å². The summed E-state index contributed by atoms with van der Waals surface area (Å²) in [5.41, 5.74) is 7.03. The third kappa shape index (κ3) is 2.98. The number of hydrogen-bond acceptors (Lipinski definition) is 5. The highest BCUT2D eigenvalue weighted by Crippen LogP contribution is 2.22. The number of aromatic nitrogens is 1. The lowest BCUT2D eigenvalue weighted by Crippen LogP contribution is -2.09. The fourth-order valence-electron chi connectivity index (χ4n) is 1.29. The number of fused-ring (bicyclic) bond motifs is 1. The molecular weight excluding hydrogens is 224 g/mol. The Kier molecular flexibility index (Phi) is 4.21. The maximum Gasteiger partial charge on any atom is 0.256 e. The zero-order valence-corrected chi connectivity index (χ0v) is 9.70. The minimum absolute atomic E-state index is 0.563. The number of nitrogens with zero attached hydrogens (tertiary/aromatic N) is 1. The zero-order chi connectivity index (χ0) is 11.2. The molecule has 0 spiro atoms. The monoisotopic (exact) mass is 238 g/mol. The number of thioether (sulfide) groups is 1. The molecule has 1 heterocycles. The van der Waals surface area contributed by atoms with Gasteiger partial charge >= 0.3 is 0 Å². The topological polar surface area (TPSA) is 61.3 Å². The molecule has 2 aromatic rings. The van der Waals surface area contributed by atoms with Crippen molar-refractivity contribution in [3.05, 3.63) is 24.3 Å². The number of ether oxygens (including phenoxy) is 1. The van der Waals surface area contributed by atoms with Crippen LogP contribution in [0.2, 0.25) is 0 Å². The summed E-state index contributed by atoms with van der Waals surface area (Å²) in [6.45, 7) is 1.84. The summed E-state index contributed by atoms with van der Waals surface area (Å²) in [5, 5.41) is 0.692. The predicted molar refractivity (Wildman–Crippen MR) is 64.6 cm³/mol. The molecule has 2 rings (SSSR count). The van der Waals surface area contributed by atoms with E-state index in [0.717, 1.165) is 16.9 Å². The molecule has 0 fully saturated rings. The van der Waals surface area contributed by atoms with Crippen LogP contribution in [0.4, 0.5) is 0 Å². The Morgan fingerprint density at radius 1 is 1.31 bits per heavy atom. The van der Waals surface area contributed by atoms with Crippen molar-refractivity contribution in [2.45, 2.75) is 5.22 Å². The molecule has 0 bridgehead atoms. The van der Waals surface area contributed by atoms with E-state index < -0.39 is 0 Å². The van der Waals surface area contributed by atoms with Gasteiger partial charge in [0.15, 0.2) is 5.58 Å². The number of hydrogen-bond donors (Lipinski definition) is 1. The fraction of sp³-hybridized carbons (Fsp3) is 0.364. The quantitative estimate of drug-likeness (QED) is 0.615. The Hall–Kier alpha value is -1.04. The van der Waals surface area contributed by atoms with Crippen LogP contribution in [-0.2, 0) is 4.74 Å². The second-order valence-electron chi connectivity index (χ2n) is 3.20. The summed E-state index contributed by atoms with van der Waals surface area (Å²) in [4.78, 5) is 4.35. The Labute approximate surface area is 98.2 Å². The molecule has 0 saturated carbocycles. The van der Waals surface area contributed by atoms with Gasteiger partial charge in [-0.15, -0.1) is 0 Å². The van der Waals surface area contributed by atoms with Gasteiger partial charge in [-0.25, -0.2) is 4.98 Å². The average Bonchev–Trinajstić information content (AvgIpc) is 2.71. The first-order valence-corrected chi connectivity index (χ1v) is 6.15. The lowest BCUT2D eigenvalue weighted by molar-refractivity contribution is 0.158. The Morgan fingerprint density at radius 2 is 2.19 bits per heavy atom. The van der Waals surface area contributed by atoms with E-state index in [4.69, 9.17) is 14.9 Å². The van der Waals surface area contributed by atoms with Crippen LogP contribution < -0.4 is 5.73 Å². The van der Waals surface area contributed by atoms with Crippen LogP contribution in [0.25, 0.3) is 11.1 Å². The van der Waals surface area contributed by atoms with Gasteiger partial charge in [-0.2, -0.15) is 0 Å². The standard InChI is InChI=1S/C11H14N2O2S/c12-5-6-14-7-8-16-11-13-9-3-1-2-4-10(9)15-11/h1-4H,5-8,12H2. The summed E-state index contributed by atoms with van der Waals surface area (Å²) < 4.78 is 10.8. The molecular formula is C11H14N2O2S. The third-order valence-electron chi connectivity index (χ3n) is 1.99. The molecule has 5 heteroatoms. The maximum atomic E-state index is 5.55. The number of oxazole rings is 1. The summed E-state index contributed by atoms with van der Waals surface area (Å²) in [6, 6.07) is 7.74. The van der Waals surface area contributed by atoms with Crippen LogP contribution in [0.1, 0.15) is 0 Å². The summed E-state index contributed by atoms with van der Waals surface area (Å²) >= 11 is 1.55. The van der Waals surface area contributed by atoms with Crippen LogP contribution >= 0.6 is 11.8 Å². The van der Waals surface area contributed by atoms with Crippen molar-refractivity contribution in [2.24, 2.45) is 5.73 Å². The first-order chi connectivity index (χ1) is 7.90. The normalized spacial score (nSPS) is 11.1. The molecule has 0 atom stereocenters. The van der Waals surface area contributed by atoms with E-state index in [1.54, 1.807) is 11.8 Å². The number of nitrogens with two attached hydrogens (primary N) is 1. The SMILES string of the molecule is NCCOCCSc1nc2ccccc2o1. The predicted octanol–water partition coefficient (Wildman–Crippen LogP) is 1.90. The molecule has 0 aliphatic rings. The molecule has 16 heavy (non-hydrogen) atoms. The molecule has 4 nitrogen and oxygen atoms in total. The third-order valence-corrected chi connectivity index (χ3v) is 2.78. The number of rotatable bonds is 6. The van der Waals surface area contributed by atoms with Gasteiger partial charge in [0.05, 0.1) is 13.2 Å². The Morgan fingerprint density at radius 3 is 3.00 bits per heavy atom. The highest BCUT2D eigenvalue weighted by Gasteiger charge is 2.04. The molecule has 0 amide bonds. The number of para-hydroxylation sites is 2. The Bertz CT molecular complexity index is 411. The van der Waals surface area contributed by atoms with Crippen LogP contribution in [0.15, 0.2) is 33.9 Å². The van der Waals surface area contributed by atoms with E-state index in [1.165, 1.54) is 0 Å². The maximum absolute atomic E-state index is 5.55. The van der Waals surface area contributed by atoms with E-state index in [9.17, 15) is 0 Å².